The molecule has 12 heteroatoms. The predicted octanol–water partition coefficient (Wildman–Crippen LogP) is 2.91. The van der Waals surface area contributed by atoms with E-state index >= 15 is 0 Å². The van der Waals surface area contributed by atoms with Gasteiger partial charge >= 0.3 is 12.1 Å². The number of amides is 3. The first kappa shape index (κ1) is 24.1. The monoisotopic (exact) mass is 486 g/mol. The molecular weight excluding hydrogens is 463 g/mol. The third-order valence-corrected chi connectivity index (χ3v) is 6.62. The zero-order valence-electron chi connectivity index (χ0n) is 18.0. The van der Waals surface area contributed by atoms with Gasteiger partial charge in [-0.2, -0.15) is 18.2 Å². The van der Waals surface area contributed by atoms with Gasteiger partial charge in [-0.25, -0.2) is 8.78 Å². The summed E-state index contributed by atoms with van der Waals surface area (Å²) in [6.07, 6.45) is -3.26. The number of halogens is 5. The molecule has 2 saturated carbocycles. The lowest BCUT2D eigenvalue weighted by molar-refractivity contribution is -0.169. The second kappa shape index (κ2) is 8.62. The van der Waals surface area contributed by atoms with Gasteiger partial charge in [0.25, 0.3) is 5.91 Å². The van der Waals surface area contributed by atoms with Crippen LogP contribution in [0.25, 0.3) is 0 Å². The maximum atomic E-state index is 13.2. The molecule has 3 N–H and O–H groups in total. The van der Waals surface area contributed by atoms with Crippen LogP contribution in [0.4, 0.5) is 22.0 Å². The van der Waals surface area contributed by atoms with Crippen molar-refractivity contribution in [3.05, 3.63) is 34.9 Å². The number of carbonyl (C=O) groups excluding carboxylic acids is 3. The molecule has 4 rings (SSSR count). The van der Waals surface area contributed by atoms with Crippen molar-refractivity contribution in [1.82, 2.24) is 10.2 Å². The molecule has 3 aliphatic rings. The van der Waals surface area contributed by atoms with E-state index in [0.717, 1.165) is 12.8 Å². The molecule has 1 aliphatic heterocycles. The highest BCUT2D eigenvalue weighted by Crippen LogP contribution is 2.42. The lowest BCUT2D eigenvalue weighted by Crippen LogP contribution is -2.56. The van der Waals surface area contributed by atoms with Crippen molar-refractivity contribution in [2.75, 3.05) is 0 Å². The van der Waals surface area contributed by atoms with E-state index < -0.39 is 48.5 Å². The van der Waals surface area contributed by atoms with Gasteiger partial charge in [-0.05, 0) is 24.5 Å². The van der Waals surface area contributed by atoms with Crippen LogP contribution in [-0.2, 0) is 16.1 Å². The third-order valence-electron chi connectivity index (χ3n) is 6.62. The highest BCUT2D eigenvalue weighted by molar-refractivity contribution is 6.07. The molecule has 0 spiro atoms. The third kappa shape index (κ3) is 4.76. The number of hydrogen-bond acceptors (Lipinski definition) is 3. The van der Waals surface area contributed by atoms with Crippen LogP contribution < -0.4 is 11.1 Å². The van der Waals surface area contributed by atoms with Crippen LogP contribution >= 0.6 is 0 Å². The van der Waals surface area contributed by atoms with Gasteiger partial charge in [-0.1, -0.05) is 25.0 Å². The van der Waals surface area contributed by atoms with Crippen LogP contribution in [0.3, 0.4) is 0 Å². The summed E-state index contributed by atoms with van der Waals surface area (Å²) in [5.41, 5.74) is 6.41. The van der Waals surface area contributed by atoms with Gasteiger partial charge in [0.05, 0.1) is 6.04 Å². The molecule has 1 heterocycles. The number of nitrogens with two attached hydrogens (primary N) is 1. The number of aliphatic imine (C=N–C) groups is 1. The van der Waals surface area contributed by atoms with E-state index in [1.807, 2.05) is 0 Å². The number of benzene rings is 1. The second-order valence-electron chi connectivity index (χ2n) is 9.03. The van der Waals surface area contributed by atoms with Crippen molar-refractivity contribution in [2.24, 2.45) is 16.6 Å². The Labute approximate surface area is 191 Å². The molecule has 2 aliphatic carbocycles. The molecule has 3 amide bonds. The molecule has 34 heavy (non-hydrogen) atoms. The van der Waals surface area contributed by atoms with Crippen LogP contribution in [-0.4, -0.2) is 52.6 Å². The first-order valence-corrected chi connectivity index (χ1v) is 10.9. The molecule has 184 valence electrons. The van der Waals surface area contributed by atoms with Gasteiger partial charge in [0.15, 0.2) is 0 Å². The fourth-order valence-corrected chi connectivity index (χ4v) is 4.79. The summed E-state index contributed by atoms with van der Waals surface area (Å²) in [6.45, 7) is 0.228. The predicted molar refractivity (Wildman–Crippen MR) is 110 cm³/mol. The molecule has 0 saturated heterocycles. The first-order chi connectivity index (χ1) is 15.9. The number of alkyl halides is 5. The Kier molecular flexibility index (Phi) is 6.11. The highest BCUT2D eigenvalue weighted by atomic mass is 19.4. The molecule has 1 unspecified atom stereocenters. The maximum absolute atomic E-state index is 13.2. The topological polar surface area (TPSA) is 105 Å². The number of nitrogens with zero attached hydrogens (tertiary/aromatic N) is 2. The van der Waals surface area contributed by atoms with E-state index in [2.05, 4.69) is 10.3 Å². The second-order valence-corrected chi connectivity index (χ2v) is 9.03. The molecule has 2 fully saturated rings. The smallest absolute Gasteiger partial charge is 0.383 e. The van der Waals surface area contributed by atoms with Crippen molar-refractivity contribution in [3.8, 4) is 0 Å². The van der Waals surface area contributed by atoms with Crippen molar-refractivity contribution < 1.29 is 36.3 Å². The van der Waals surface area contributed by atoms with Crippen molar-refractivity contribution in [1.29, 1.82) is 0 Å². The minimum absolute atomic E-state index is 0.00552. The van der Waals surface area contributed by atoms with Gasteiger partial charge < -0.3 is 16.0 Å². The van der Waals surface area contributed by atoms with E-state index in [9.17, 15) is 36.3 Å². The standard InChI is InChI=1S/C22H23F5N4O3/c23-21(24)8-13(9-21)18(32)29-15-3-1-2-4-16(15)31-10-12-6-5-11(7-14(12)19(31)33)17(28)30-20(34)22(25,26)27/h5-7,13,15-16H,1-4,8-10H2,(H,29,32)(H2,28,30,34)/t15?,16-/m1/s1. The Bertz CT molecular complexity index is 1050. The molecular formula is C22H23F5N4O3. The lowest BCUT2D eigenvalue weighted by Gasteiger charge is -2.40. The lowest BCUT2D eigenvalue weighted by atomic mass is 9.80. The zero-order valence-corrected chi connectivity index (χ0v) is 18.0. The summed E-state index contributed by atoms with van der Waals surface area (Å²) in [4.78, 5) is 41.1. The van der Waals surface area contributed by atoms with E-state index in [1.165, 1.54) is 18.2 Å². The maximum Gasteiger partial charge on any atom is 0.473 e. The minimum atomic E-state index is -5.16. The van der Waals surface area contributed by atoms with Crippen LogP contribution in [0.1, 0.15) is 60.0 Å². The first-order valence-electron chi connectivity index (χ1n) is 10.9. The van der Waals surface area contributed by atoms with Crippen LogP contribution in [0.5, 0.6) is 0 Å². The van der Waals surface area contributed by atoms with Crippen LogP contribution in [0.2, 0.25) is 0 Å². The number of hydrogen-bond donors (Lipinski definition) is 2. The van der Waals surface area contributed by atoms with Crippen LogP contribution in [0, 0.1) is 5.92 Å². The Morgan fingerprint density at radius 2 is 1.82 bits per heavy atom. The normalized spacial score (nSPS) is 25.0. The highest BCUT2D eigenvalue weighted by Gasteiger charge is 2.49. The number of fused-ring (bicyclic) bond motifs is 1. The Hall–Kier alpha value is -3.05. The van der Waals surface area contributed by atoms with Gasteiger partial charge in [0.2, 0.25) is 11.8 Å². The van der Waals surface area contributed by atoms with Gasteiger partial charge in [-0.15, -0.1) is 0 Å². The van der Waals surface area contributed by atoms with E-state index in [4.69, 9.17) is 5.73 Å². The Balaban J connectivity index is 1.49. The summed E-state index contributed by atoms with van der Waals surface area (Å²) in [6, 6.07) is 3.49. The number of carbonyl (C=O) groups is 3. The summed E-state index contributed by atoms with van der Waals surface area (Å²) < 4.78 is 63.7. The quantitative estimate of drug-likeness (QED) is 0.388. The largest absolute Gasteiger partial charge is 0.473 e. The van der Waals surface area contributed by atoms with Crippen molar-refractivity contribution in [3.63, 3.8) is 0 Å². The summed E-state index contributed by atoms with van der Waals surface area (Å²) >= 11 is 0. The molecule has 7 nitrogen and oxygen atoms in total. The molecule has 0 radical (unpaired) electrons. The van der Waals surface area contributed by atoms with E-state index in [0.29, 0.717) is 18.4 Å². The van der Waals surface area contributed by atoms with E-state index in [1.54, 1.807) is 4.90 Å². The van der Waals surface area contributed by atoms with Gasteiger partial charge in [0, 0.05) is 42.5 Å². The fraction of sp³-hybridized carbons (Fsp3) is 0.545. The van der Waals surface area contributed by atoms with E-state index in [-0.39, 0.29) is 35.7 Å². The number of nitrogens with one attached hydrogen (secondary N) is 1. The fourth-order valence-electron chi connectivity index (χ4n) is 4.79. The molecule has 1 aromatic rings. The number of amidine groups is 1. The summed E-state index contributed by atoms with van der Waals surface area (Å²) in [7, 11) is 0. The Morgan fingerprint density at radius 1 is 1.15 bits per heavy atom. The SMILES string of the molecule is NC(=NC(=O)C(F)(F)F)c1ccc2c(c1)C(=O)N([C@@H]1CCCCC1NC(=O)C1CC(F)(F)C1)C2. The average molecular weight is 486 g/mol. The summed E-state index contributed by atoms with van der Waals surface area (Å²) in [5, 5.41) is 2.85. The van der Waals surface area contributed by atoms with Gasteiger partial charge in [0.1, 0.15) is 5.84 Å². The number of rotatable bonds is 4. The van der Waals surface area contributed by atoms with Gasteiger partial charge in [-0.3, -0.25) is 14.4 Å². The molecule has 2 atom stereocenters. The van der Waals surface area contributed by atoms with Crippen molar-refractivity contribution in [2.45, 2.75) is 69.3 Å². The zero-order chi connectivity index (χ0) is 24.8. The molecule has 1 aromatic carbocycles. The molecule has 0 bridgehead atoms. The average Bonchev–Trinajstić information content (AvgIpc) is 3.07. The summed E-state index contributed by atoms with van der Waals surface area (Å²) in [5.74, 6) is -7.37. The van der Waals surface area contributed by atoms with Crippen LogP contribution in [0.15, 0.2) is 23.2 Å². The molecule has 0 aromatic heterocycles. The van der Waals surface area contributed by atoms with Crippen molar-refractivity contribution >= 4 is 23.6 Å². The Morgan fingerprint density at radius 3 is 2.47 bits per heavy atom. The minimum Gasteiger partial charge on any atom is -0.383 e.